The topological polar surface area (TPSA) is 101 Å². The Hall–Kier alpha value is -4.27. The normalized spacial score (nSPS) is 18.8. The van der Waals surface area contributed by atoms with Gasteiger partial charge < -0.3 is 24.1 Å². The quantitative estimate of drug-likeness (QED) is 0.543. The van der Waals surface area contributed by atoms with Gasteiger partial charge in [-0.25, -0.2) is 4.79 Å². The molecule has 174 valence electrons. The van der Waals surface area contributed by atoms with Crippen LogP contribution in [0.5, 0.6) is 11.5 Å². The minimum absolute atomic E-state index is 0.101. The molecule has 3 heterocycles. The molecule has 34 heavy (non-hydrogen) atoms. The lowest BCUT2D eigenvalue weighted by molar-refractivity contribution is -0.139. The second-order valence-electron chi connectivity index (χ2n) is 8.33. The van der Waals surface area contributed by atoms with E-state index in [-0.39, 0.29) is 19.2 Å². The number of rotatable bonds is 7. The average molecular weight is 461 g/mol. The summed E-state index contributed by atoms with van der Waals surface area (Å²) in [7, 11) is 0. The zero-order valence-corrected chi connectivity index (χ0v) is 18.5. The molecule has 5 rings (SSSR count). The molecule has 1 saturated heterocycles. The third-order valence-corrected chi connectivity index (χ3v) is 6.01. The van der Waals surface area contributed by atoms with Crippen molar-refractivity contribution in [2.24, 2.45) is 0 Å². The van der Waals surface area contributed by atoms with Gasteiger partial charge in [0.2, 0.25) is 12.7 Å². The van der Waals surface area contributed by atoms with Crippen LogP contribution in [0.25, 0.3) is 0 Å². The molecule has 1 fully saturated rings. The summed E-state index contributed by atoms with van der Waals surface area (Å²) >= 11 is 0. The van der Waals surface area contributed by atoms with Crippen molar-refractivity contribution in [1.29, 1.82) is 0 Å². The van der Waals surface area contributed by atoms with E-state index in [0.29, 0.717) is 29.4 Å². The zero-order valence-electron chi connectivity index (χ0n) is 18.5. The minimum atomic E-state index is -1.33. The van der Waals surface area contributed by atoms with Crippen LogP contribution in [0.15, 0.2) is 71.3 Å². The fourth-order valence-electron chi connectivity index (χ4n) is 4.11. The number of urea groups is 1. The third-order valence-electron chi connectivity index (χ3n) is 6.01. The zero-order chi connectivity index (χ0) is 23.7. The third kappa shape index (κ3) is 3.96. The summed E-state index contributed by atoms with van der Waals surface area (Å²) in [5.74, 6) is 0.793. The summed E-state index contributed by atoms with van der Waals surface area (Å²) in [5, 5.41) is 2.73. The van der Waals surface area contributed by atoms with Crippen LogP contribution in [0, 0.1) is 0 Å². The highest BCUT2D eigenvalue weighted by molar-refractivity contribution is 6.09. The van der Waals surface area contributed by atoms with Crippen molar-refractivity contribution in [3.05, 3.63) is 83.8 Å². The van der Waals surface area contributed by atoms with Crippen LogP contribution >= 0.6 is 0 Å². The standard InChI is InChI=1S/C25H23N3O6/c1-25(18-9-10-20-21(12-18)34-16-33-20)23(30)28(24(31)26-25)15-22(29)27(14-19-8-5-11-32-19)13-17-6-3-2-4-7-17/h2-12H,13-16H2,1H3,(H,26,31)/t25-/m0/s1. The highest BCUT2D eigenvalue weighted by Crippen LogP contribution is 2.37. The lowest BCUT2D eigenvalue weighted by atomic mass is 9.91. The van der Waals surface area contributed by atoms with E-state index >= 15 is 0 Å². The SMILES string of the molecule is C[C@@]1(c2ccc3c(c2)OCO3)NC(=O)N(CC(=O)N(Cc2ccccc2)Cc2ccco2)C1=O. The van der Waals surface area contributed by atoms with Crippen molar-refractivity contribution >= 4 is 17.8 Å². The molecule has 0 spiro atoms. The molecule has 0 radical (unpaired) electrons. The van der Waals surface area contributed by atoms with Gasteiger partial charge >= 0.3 is 6.03 Å². The molecule has 2 aromatic carbocycles. The summed E-state index contributed by atoms with van der Waals surface area (Å²) in [6.07, 6.45) is 1.54. The maximum absolute atomic E-state index is 13.4. The van der Waals surface area contributed by atoms with E-state index in [1.165, 1.54) is 6.26 Å². The number of nitrogens with zero attached hydrogens (tertiary/aromatic N) is 2. The first-order chi connectivity index (χ1) is 16.4. The van der Waals surface area contributed by atoms with E-state index in [1.54, 1.807) is 42.2 Å². The number of benzene rings is 2. The first-order valence-corrected chi connectivity index (χ1v) is 10.8. The van der Waals surface area contributed by atoms with Crippen LogP contribution < -0.4 is 14.8 Å². The molecule has 9 heteroatoms. The number of ether oxygens (including phenoxy) is 2. The lowest BCUT2D eigenvalue weighted by Crippen LogP contribution is -2.44. The summed E-state index contributed by atoms with van der Waals surface area (Å²) in [6.45, 7) is 1.84. The van der Waals surface area contributed by atoms with Crippen molar-refractivity contribution in [3.63, 3.8) is 0 Å². The largest absolute Gasteiger partial charge is 0.467 e. The number of hydrogen-bond acceptors (Lipinski definition) is 6. The predicted molar refractivity (Wildman–Crippen MR) is 120 cm³/mol. The molecule has 4 amide bonds. The molecule has 0 aliphatic carbocycles. The number of imide groups is 1. The smallest absolute Gasteiger partial charge is 0.325 e. The highest BCUT2D eigenvalue weighted by Gasteiger charge is 2.50. The minimum Gasteiger partial charge on any atom is -0.467 e. The van der Waals surface area contributed by atoms with E-state index < -0.39 is 24.0 Å². The Kier molecular flexibility index (Phi) is 5.45. The Labute approximate surface area is 195 Å². The van der Waals surface area contributed by atoms with Gasteiger partial charge in [-0.15, -0.1) is 0 Å². The molecule has 9 nitrogen and oxygen atoms in total. The van der Waals surface area contributed by atoms with E-state index in [0.717, 1.165) is 10.5 Å². The van der Waals surface area contributed by atoms with E-state index in [4.69, 9.17) is 13.9 Å². The Balaban J connectivity index is 1.35. The maximum atomic E-state index is 13.4. The van der Waals surface area contributed by atoms with Gasteiger partial charge in [-0.2, -0.15) is 0 Å². The Morgan fingerprint density at radius 3 is 2.59 bits per heavy atom. The number of carbonyl (C=O) groups excluding carboxylic acids is 3. The molecular formula is C25H23N3O6. The second-order valence-corrected chi connectivity index (χ2v) is 8.33. The molecule has 1 atom stereocenters. The van der Waals surface area contributed by atoms with Gasteiger partial charge in [0.1, 0.15) is 17.8 Å². The molecular weight excluding hydrogens is 438 g/mol. The van der Waals surface area contributed by atoms with Crippen LogP contribution in [-0.2, 0) is 28.2 Å². The van der Waals surface area contributed by atoms with Crippen LogP contribution in [0.3, 0.4) is 0 Å². The van der Waals surface area contributed by atoms with Crippen molar-refractivity contribution in [3.8, 4) is 11.5 Å². The van der Waals surface area contributed by atoms with E-state index in [2.05, 4.69) is 5.32 Å². The van der Waals surface area contributed by atoms with Crippen LogP contribution in [-0.4, -0.2) is 41.0 Å². The van der Waals surface area contributed by atoms with Gasteiger partial charge in [0.15, 0.2) is 11.5 Å². The second kappa shape index (κ2) is 8.58. The van der Waals surface area contributed by atoms with Crippen LogP contribution in [0.2, 0.25) is 0 Å². The molecule has 0 bridgehead atoms. The molecule has 0 unspecified atom stereocenters. The molecule has 2 aliphatic heterocycles. The fraction of sp³-hybridized carbons (Fsp3) is 0.240. The summed E-state index contributed by atoms with van der Waals surface area (Å²) < 4.78 is 16.1. The van der Waals surface area contributed by atoms with Crippen molar-refractivity contribution in [1.82, 2.24) is 15.1 Å². The van der Waals surface area contributed by atoms with Gasteiger partial charge in [-0.05, 0) is 42.3 Å². The van der Waals surface area contributed by atoms with E-state index in [9.17, 15) is 14.4 Å². The average Bonchev–Trinajstić information content (AvgIpc) is 3.57. The highest BCUT2D eigenvalue weighted by atomic mass is 16.7. The fourth-order valence-corrected chi connectivity index (χ4v) is 4.11. The summed E-state index contributed by atoms with van der Waals surface area (Å²) in [4.78, 5) is 42.0. The van der Waals surface area contributed by atoms with Crippen molar-refractivity contribution < 1.29 is 28.3 Å². The van der Waals surface area contributed by atoms with Gasteiger partial charge in [-0.3, -0.25) is 14.5 Å². The molecule has 1 aromatic heterocycles. The predicted octanol–water partition coefficient (Wildman–Crippen LogP) is 3.00. The number of amides is 4. The number of hydrogen-bond donors (Lipinski definition) is 1. The Morgan fingerprint density at radius 1 is 1.03 bits per heavy atom. The lowest BCUT2D eigenvalue weighted by Gasteiger charge is -2.25. The summed E-state index contributed by atoms with van der Waals surface area (Å²) in [5.41, 5.74) is 0.135. The Bertz CT molecular complexity index is 1230. The number of carbonyl (C=O) groups is 3. The van der Waals surface area contributed by atoms with E-state index in [1.807, 2.05) is 30.3 Å². The van der Waals surface area contributed by atoms with Gasteiger partial charge in [0, 0.05) is 6.54 Å². The van der Waals surface area contributed by atoms with Gasteiger partial charge in [-0.1, -0.05) is 36.4 Å². The molecule has 1 N–H and O–H groups in total. The number of fused-ring (bicyclic) bond motifs is 1. The maximum Gasteiger partial charge on any atom is 0.325 e. The number of furan rings is 1. The van der Waals surface area contributed by atoms with Gasteiger partial charge in [0.05, 0.1) is 12.8 Å². The molecule has 0 saturated carbocycles. The van der Waals surface area contributed by atoms with Crippen LogP contribution in [0.4, 0.5) is 4.79 Å². The van der Waals surface area contributed by atoms with Crippen LogP contribution in [0.1, 0.15) is 23.8 Å². The molecule has 3 aromatic rings. The monoisotopic (exact) mass is 461 g/mol. The first-order valence-electron chi connectivity index (χ1n) is 10.8. The Morgan fingerprint density at radius 2 is 1.82 bits per heavy atom. The molecule has 2 aliphatic rings. The summed E-state index contributed by atoms with van der Waals surface area (Å²) in [6, 6.07) is 17.5. The van der Waals surface area contributed by atoms with Crippen molar-refractivity contribution in [2.45, 2.75) is 25.6 Å². The first kappa shape index (κ1) is 21.6. The van der Waals surface area contributed by atoms with Crippen molar-refractivity contribution in [2.75, 3.05) is 13.3 Å². The van der Waals surface area contributed by atoms with Gasteiger partial charge in [0.25, 0.3) is 5.91 Å². The number of nitrogens with one attached hydrogen (secondary N) is 1.